The molecule has 0 spiro atoms. The van der Waals surface area contributed by atoms with Crippen LogP contribution < -0.4 is 9.55 Å². The Labute approximate surface area is 159 Å². The number of hydrogen-bond acceptors (Lipinski definition) is 3. The molecule has 0 bridgehead atoms. The molecule has 3 nitrogen and oxygen atoms in total. The molecule has 0 saturated heterocycles. The maximum Gasteiger partial charge on any atom is 0.409 e. The summed E-state index contributed by atoms with van der Waals surface area (Å²) in [6, 6.07) is 20.5. The van der Waals surface area contributed by atoms with Crippen molar-refractivity contribution >= 4 is 35.1 Å². The summed E-state index contributed by atoms with van der Waals surface area (Å²) in [5.74, 6) is 1.57. The Morgan fingerprint density at radius 2 is 1.81 bits per heavy atom. The molecule has 0 amide bonds. The molecule has 3 aromatic carbocycles. The smallest absolute Gasteiger partial charge is 0.409 e. The molecule has 1 aliphatic heterocycles. The van der Waals surface area contributed by atoms with Gasteiger partial charge in [0.1, 0.15) is 12.4 Å². The second kappa shape index (κ2) is 7.22. The topological polar surface area (TPSA) is 32.7 Å². The molecule has 0 radical (unpaired) electrons. The molecule has 0 saturated carbocycles. The van der Waals surface area contributed by atoms with E-state index in [4.69, 9.17) is 16.3 Å². The first-order valence-electron chi connectivity index (χ1n) is 8.92. The molecular weight excluding hydrogens is 345 g/mol. The van der Waals surface area contributed by atoms with Gasteiger partial charge in [0, 0.05) is 35.5 Å². The molecule has 1 aliphatic rings. The van der Waals surface area contributed by atoms with Gasteiger partial charge in [-0.25, -0.2) is 0 Å². The summed E-state index contributed by atoms with van der Waals surface area (Å²) in [4.78, 5) is 2.00. The van der Waals surface area contributed by atoms with Crippen LogP contribution in [0.1, 0.15) is 17.0 Å². The third kappa shape index (κ3) is 3.04. The van der Waals surface area contributed by atoms with Crippen LogP contribution in [0.15, 0.2) is 60.7 Å². The standard InChI is InChI=1S/C21H21BClNO2/c1-22(25)24-13-16(12-23)21-18-10-6-5-9-17(18)20(11-19(21)24)26-14-15-7-3-2-4-8-15/h2-11,16,25H,12-14H2,1H3. The van der Waals surface area contributed by atoms with E-state index in [0.29, 0.717) is 12.5 Å². The number of anilines is 1. The van der Waals surface area contributed by atoms with E-state index in [9.17, 15) is 5.02 Å². The Balaban J connectivity index is 1.80. The molecule has 0 aromatic heterocycles. The summed E-state index contributed by atoms with van der Waals surface area (Å²) < 4.78 is 6.19. The molecule has 4 rings (SSSR count). The maximum absolute atomic E-state index is 10.2. The Kier molecular flexibility index (Phi) is 4.79. The fraction of sp³-hybridized carbons (Fsp3) is 0.238. The van der Waals surface area contributed by atoms with E-state index in [-0.39, 0.29) is 5.92 Å². The van der Waals surface area contributed by atoms with Gasteiger partial charge in [-0.2, -0.15) is 0 Å². The number of hydrogen-bond donors (Lipinski definition) is 1. The molecule has 0 fully saturated rings. The minimum atomic E-state index is -0.565. The van der Waals surface area contributed by atoms with Gasteiger partial charge >= 0.3 is 7.05 Å². The highest BCUT2D eigenvalue weighted by atomic mass is 35.5. The van der Waals surface area contributed by atoms with E-state index in [1.165, 1.54) is 5.56 Å². The van der Waals surface area contributed by atoms with Crippen LogP contribution in [-0.4, -0.2) is 24.5 Å². The second-order valence-corrected chi connectivity index (χ2v) is 7.07. The van der Waals surface area contributed by atoms with Gasteiger partial charge in [0.2, 0.25) is 0 Å². The average molecular weight is 366 g/mol. The third-order valence-corrected chi connectivity index (χ3v) is 5.41. The van der Waals surface area contributed by atoms with Crippen molar-refractivity contribution in [1.82, 2.24) is 0 Å². The lowest BCUT2D eigenvalue weighted by Gasteiger charge is -2.21. The Hall–Kier alpha value is -2.17. The van der Waals surface area contributed by atoms with Crippen molar-refractivity contribution in [3.63, 3.8) is 0 Å². The van der Waals surface area contributed by atoms with Crippen molar-refractivity contribution in [2.24, 2.45) is 0 Å². The summed E-state index contributed by atoms with van der Waals surface area (Å²) in [6.07, 6.45) is 0. The largest absolute Gasteiger partial charge is 0.488 e. The normalized spacial score (nSPS) is 16.0. The van der Waals surface area contributed by atoms with Crippen molar-refractivity contribution in [3.8, 4) is 5.75 Å². The van der Waals surface area contributed by atoms with E-state index < -0.39 is 7.05 Å². The van der Waals surface area contributed by atoms with Crippen LogP contribution in [0.2, 0.25) is 6.82 Å². The molecule has 1 N–H and O–H groups in total. The van der Waals surface area contributed by atoms with E-state index >= 15 is 0 Å². The number of benzene rings is 3. The van der Waals surface area contributed by atoms with Gasteiger partial charge in [-0.1, -0.05) is 54.6 Å². The fourth-order valence-electron chi connectivity index (χ4n) is 3.78. The highest BCUT2D eigenvalue weighted by Crippen LogP contribution is 2.45. The second-order valence-electron chi connectivity index (χ2n) is 6.76. The first kappa shape index (κ1) is 17.3. The van der Waals surface area contributed by atoms with Crippen LogP contribution in [-0.2, 0) is 6.61 Å². The van der Waals surface area contributed by atoms with Crippen LogP contribution in [0, 0.1) is 0 Å². The predicted octanol–water partition coefficient (Wildman–Crippen LogP) is 4.67. The van der Waals surface area contributed by atoms with Crippen LogP contribution in [0.25, 0.3) is 10.8 Å². The molecule has 5 heteroatoms. The molecule has 1 unspecified atom stereocenters. The summed E-state index contributed by atoms with van der Waals surface area (Å²) in [5.41, 5.74) is 3.36. The zero-order valence-corrected chi connectivity index (χ0v) is 15.5. The number of ether oxygens (including phenoxy) is 1. The van der Waals surface area contributed by atoms with Crippen LogP contribution >= 0.6 is 11.6 Å². The number of rotatable bonds is 5. The summed E-state index contributed by atoms with van der Waals surface area (Å²) >= 11 is 6.25. The van der Waals surface area contributed by atoms with Crippen molar-refractivity contribution < 1.29 is 9.76 Å². The first-order chi connectivity index (χ1) is 12.7. The molecule has 132 valence electrons. The minimum Gasteiger partial charge on any atom is -0.488 e. The molecule has 3 aromatic rings. The molecule has 0 aliphatic carbocycles. The zero-order chi connectivity index (χ0) is 18.1. The van der Waals surface area contributed by atoms with Gasteiger partial charge in [-0.15, -0.1) is 11.6 Å². The summed E-state index contributed by atoms with van der Waals surface area (Å²) in [6.45, 7) is 3.03. The molecule has 1 heterocycles. The predicted molar refractivity (Wildman–Crippen MR) is 109 cm³/mol. The van der Waals surface area contributed by atoms with E-state index in [2.05, 4.69) is 30.3 Å². The SMILES string of the molecule is CB(O)N1CC(CCl)c2c1cc(OCc1ccccc1)c1ccccc21. The van der Waals surface area contributed by atoms with Crippen LogP contribution in [0.4, 0.5) is 5.69 Å². The first-order valence-corrected chi connectivity index (χ1v) is 9.45. The number of fused-ring (bicyclic) bond motifs is 3. The maximum atomic E-state index is 10.2. The van der Waals surface area contributed by atoms with E-state index in [1.54, 1.807) is 6.82 Å². The lowest BCUT2D eigenvalue weighted by Crippen LogP contribution is -2.36. The van der Waals surface area contributed by atoms with Crippen molar-refractivity contribution in [1.29, 1.82) is 0 Å². The van der Waals surface area contributed by atoms with Crippen LogP contribution in [0.3, 0.4) is 0 Å². The van der Waals surface area contributed by atoms with Gasteiger partial charge in [0.05, 0.1) is 0 Å². The summed E-state index contributed by atoms with van der Waals surface area (Å²) in [5, 5.41) is 12.5. The monoisotopic (exact) mass is 365 g/mol. The Morgan fingerprint density at radius 3 is 2.50 bits per heavy atom. The van der Waals surface area contributed by atoms with Gasteiger partial charge in [0.15, 0.2) is 0 Å². The van der Waals surface area contributed by atoms with Gasteiger partial charge in [-0.05, 0) is 23.3 Å². The van der Waals surface area contributed by atoms with Crippen molar-refractivity contribution in [2.75, 3.05) is 17.2 Å². The summed E-state index contributed by atoms with van der Waals surface area (Å²) in [7, 11) is -0.565. The Morgan fingerprint density at radius 1 is 1.12 bits per heavy atom. The van der Waals surface area contributed by atoms with Gasteiger partial charge < -0.3 is 14.6 Å². The van der Waals surface area contributed by atoms with Crippen LogP contribution in [0.5, 0.6) is 5.75 Å². The lowest BCUT2D eigenvalue weighted by atomic mass is 9.85. The molecular formula is C21H21BClNO2. The minimum absolute atomic E-state index is 0.203. The number of alkyl halides is 1. The highest BCUT2D eigenvalue weighted by Gasteiger charge is 2.34. The third-order valence-electron chi connectivity index (χ3n) is 5.04. The van der Waals surface area contributed by atoms with Crippen molar-refractivity contribution in [3.05, 3.63) is 71.8 Å². The Bertz CT molecular complexity index is 917. The van der Waals surface area contributed by atoms with E-state index in [0.717, 1.165) is 34.3 Å². The van der Waals surface area contributed by atoms with E-state index in [1.807, 2.05) is 35.1 Å². The van der Waals surface area contributed by atoms with Gasteiger partial charge in [-0.3, -0.25) is 0 Å². The average Bonchev–Trinajstić information content (AvgIpc) is 3.06. The number of nitrogens with zero attached hydrogens (tertiary/aromatic N) is 1. The highest BCUT2D eigenvalue weighted by molar-refractivity contribution is 6.54. The number of halogens is 1. The molecule has 1 atom stereocenters. The van der Waals surface area contributed by atoms with Gasteiger partial charge in [0.25, 0.3) is 0 Å². The van der Waals surface area contributed by atoms with Crippen molar-refractivity contribution in [2.45, 2.75) is 19.3 Å². The fourth-order valence-corrected chi connectivity index (χ4v) is 4.03. The lowest BCUT2D eigenvalue weighted by molar-refractivity contribution is 0.310. The molecule has 26 heavy (non-hydrogen) atoms. The zero-order valence-electron chi connectivity index (χ0n) is 14.7. The quantitative estimate of drug-likeness (QED) is 0.527.